The molecule has 1 fully saturated rings. The molecule has 1 rings (SSSR count). The summed E-state index contributed by atoms with van der Waals surface area (Å²) < 4.78 is 0.676. The van der Waals surface area contributed by atoms with Crippen molar-refractivity contribution >= 4 is 34.3 Å². The van der Waals surface area contributed by atoms with Crippen molar-refractivity contribution in [2.24, 2.45) is 0 Å². The first-order valence-corrected chi connectivity index (χ1v) is 4.81. The van der Waals surface area contributed by atoms with Crippen LogP contribution >= 0.6 is 24.0 Å². The number of hydrogen-bond donors (Lipinski definition) is 1. The summed E-state index contributed by atoms with van der Waals surface area (Å²) in [5.41, 5.74) is 0. The zero-order valence-electron chi connectivity index (χ0n) is 6.69. The molecule has 1 heterocycles. The monoisotopic (exact) mass is 206 g/mol. The van der Waals surface area contributed by atoms with E-state index in [9.17, 15) is 4.79 Å². The first-order valence-electron chi connectivity index (χ1n) is 3.41. The standard InChI is InChI=1S/C6H10N2O2S2/c1-7-3-8(2-5(9)10)6(11)12-4-7/h2-4H2,1H3,(H,9,10). The molecular weight excluding hydrogens is 196 g/mol. The molecule has 0 atom stereocenters. The van der Waals surface area contributed by atoms with Crippen molar-refractivity contribution in [2.45, 2.75) is 0 Å². The lowest BCUT2D eigenvalue weighted by Gasteiger charge is -2.33. The third kappa shape index (κ3) is 2.62. The van der Waals surface area contributed by atoms with Crippen molar-refractivity contribution in [3.05, 3.63) is 0 Å². The molecular formula is C6H10N2O2S2. The minimum absolute atomic E-state index is 0.00380. The minimum atomic E-state index is -0.840. The predicted molar refractivity (Wildman–Crippen MR) is 52.0 cm³/mol. The van der Waals surface area contributed by atoms with Gasteiger partial charge in [0.1, 0.15) is 10.9 Å². The summed E-state index contributed by atoms with van der Waals surface area (Å²) in [5, 5.41) is 8.54. The van der Waals surface area contributed by atoms with Gasteiger partial charge in [0.2, 0.25) is 0 Å². The molecule has 0 aromatic rings. The molecule has 0 amide bonds. The maximum absolute atomic E-state index is 10.4. The highest BCUT2D eigenvalue weighted by molar-refractivity contribution is 8.22. The van der Waals surface area contributed by atoms with Gasteiger partial charge in [-0.1, -0.05) is 24.0 Å². The number of carboxylic acids is 1. The van der Waals surface area contributed by atoms with E-state index >= 15 is 0 Å². The summed E-state index contributed by atoms with van der Waals surface area (Å²) in [6.45, 7) is 0.605. The zero-order valence-corrected chi connectivity index (χ0v) is 8.32. The van der Waals surface area contributed by atoms with E-state index in [-0.39, 0.29) is 6.54 Å². The Bertz CT molecular complexity index is 210. The molecule has 6 heteroatoms. The molecule has 0 unspecified atom stereocenters. The normalized spacial score (nSPS) is 19.8. The minimum Gasteiger partial charge on any atom is -0.480 e. The Labute approximate surface area is 80.5 Å². The SMILES string of the molecule is CN1CSC(=S)N(CC(=O)O)C1. The second kappa shape index (κ2) is 4.06. The van der Waals surface area contributed by atoms with Crippen LogP contribution in [0.25, 0.3) is 0 Å². The lowest BCUT2D eigenvalue weighted by atomic mass is 10.6. The van der Waals surface area contributed by atoms with Gasteiger partial charge in [0.15, 0.2) is 0 Å². The fraction of sp³-hybridized carbons (Fsp3) is 0.667. The highest BCUT2D eigenvalue weighted by Gasteiger charge is 2.20. The topological polar surface area (TPSA) is 43.8 Å². The Morgan fingerprint density at radius 2 is 2.50 bits per heavy atom. The third-order valence-electron chi connectivity index (χ3n) is 1.40. The van der Waals surface area contributed by atoms with Gasteiger partial charge >= 0.3 is 5.97 Å². The molecule has 0 aromatic carbocycles. The largest absolute Gasteiger partial charge is 0.480 e. The highest BCUT2D eigenvalue weighted by Crippen LogP contribution is 2.16. The molecule has 1 N–H and O–H groups in total. The maximum Gasteiger partial charge on any atom is 0.323 e. The van der Waals surface area contributed by atoms with Gasteiger partial charge in [0.05, 0.1) is 12.5 Å². The second-order valence-corrected chi connectivity index (χ2v) is 4.21. The first kappa shape index (κ1) is 9.76. The molecule has 0 saturated carbocycles. The summed E-state index contributed by atoms with van der Waals surface area (Å²) in [6.07, 6.45) is 0. The number of aliphatic carboxylic acids is 1. The smallest absolute Gasteiger partial charge is 0.323 e. The highest BCUT2D eigenvalue weighted by atomic mass is 32.2. The van der Waals surface area contributed by atoms with E-state index in [2.05, 4.69) is 0 Å². The number of hydrogen-bond acceptors (Lipinski definition) is 4. The average Bonchev–Trinajstić information content (AvgIpc) is 1.96. The van der Waals surface area contributed by atoms with Crippen LogP contribution in [0.5, 0.6) is 0 Å². The zero-order chi connectivity index (χ0) is 9.14. The Kier molecular flexibility index (Phi) is 3.30. The van der Waals surface area contributed by atoms with E-state index in [1.807, 2.05) is 11.9 Å². The molecule has 0 bridgehead atoms. The number of carbonyl (C=O) groups is 1. The van der Waals surface area contributed by atoms with Gasteiger partial charge in [0.25, 0.3) is 0 Å². The summed E-state index contributed by atoms with van der Waals surface area (Å²) in [6, 6.07) is 0. The Hall–Kier alpha value is -0.330. The van der Waals surface area contributed by atoms with Gasteiger partial charge in [-0.25, -0.2) is 0 Å². The fourth-order valence-corrected chi connectivity index (χ4v) is 1.92. The van der Waals surface area contributed by atoms with Crippen molar-refractivity contribution < 1.29 is 9.90 Å². The molecule has 0 radical (unpaired) electrons. The quantitative estimate of drug-likeness (QED) is 0.653. The Morgan fingerprint density at radius 1 is 1.83 bits per heavy atom. The van der Waals surface area contributed by atoms with E-state index in [1.54, 1.807) is 4.90 Å². The van der Waals surface area contributed by atoms with Crippen molar-refractivity contribution in [1.29, 1.82) is 0 Å². The molecule has 0 aromatic heterocycles. The molecule has 68 valence electrons. The van der Waals surface area contributed by atoms with Crippen LogP contribution in [0, 0.1) is 0 Å². The van der Waals surface area contributed by atoms with Gasteiger partial charge in [-0.2, -0.15) is 0 Å². The Balaban J connectivity index is 2.49. The molecule has 0 spiro atoms. The lowest BCUT2D eigenvalue weighted by Crippen LogP contribution is -2.45. The van der Waals surface area contributed by atoms with E-state index in [4.69, 9.17) is 17.3 Å². The molecule has 0 aliphatic carbocycles. The van der Waals surface area contributed by atoms with Crippen LogP contribution < -0.4 is 0 Å². The van der Waals surface area contributed by atoms with E-state index in [0.29, 0.717) is 11.0 Å². The van der Waals surface area contributed by atoms with E-state index in [0.717, 1.165) is 5.88 Å². The fourth-order valence-electron chi connectivity index (χ4n) is 0.925. The van der Waals surface area contributed by atoms with Crippen molar-refractivity contribution in [3.8, 4) is 0 Å². The summed E-state index contributed by atoms with van der Waals surface area (Å²) in [7, 11) is 1.93. The summed E-state index contributed by atoms with van der Waals surface area (Å²) in [4.78, 5) is 14.1. The molecule has 1 aliphatic heterocycles. The maximum atomic E-state index is 10.4. The van der Waals surface area contributed by atoms with Gasteiger partial charge in [-0.15, -0.1) is 0 Å². The molecule has 1 saturated heterocycles. The van der Waals surface area contributed by atoms with E-state index in [1.165, 1.54) is 11.8 Å². The first-order chi connectivity index (χ1) is 5.59. The van der Waals surface area contributed by atoms with Gasteiger partial charge in [-0.3, -0.25) is 9.69 Å². The van der Waals surface area contributed by atoms with Crippen LogP contribution in [0.1, 0.15) is 0 Å². The number of thiocarbonyl (C=S) groups is 1. The number of nitrogens with zero attached hydrogens (tertiary/aromatic N) is 2. The van der Waals surface area contributed by atoms with Gasteiger partial charge in [0, 0.05) is 0 Å². The van der Waals surface area contributed by atoms with Gasteiger partial charge in [-0.05, 0) is 7.05 Å². The van der Waals surface area contributed by atoms with Crippen molar-refractivity contribution in [1.82, 2.24) is 9.80 Å². The van der Waals surface area contributed by atoms with Gasteiger partial charge < -0.3 is 10.0 Å². The third-order valence-corrected chi connectivity index (χ3v) is 3.09. The van der Waals surface area contributed by atoms with Crippen LogP contribution in [0.3, 0.4) is 0 Å². The second-order valence-electron chi connectivity index (χ2n) is 2.63. The summed E-state index contributed by atoms with van der Waals surface area (Å²) >= 11 is 6.49. The van der Waals surface area contributed by atoms with Crippen LogP contribution in [-0.2, 0) is 4.79 Å². The number of thioether (sulfide) groups is 1. The number of carboxylic acid groups (broad SMARTS) is 1. The summed E-state index contributed by atoms with van der Waals surface area (Å²) in [5.74, 6) is 0.00263. The van der Waals surface area contributed by atoms with E-state index < -0.39 is 5.97 Å². The van der Waals surface area contributed by atoms with Crippen molar-refractivity contribution in [2.75, 3.05) is 26.1 Å². The van der Waals surface area contributed by atoms with Crippen molar-refractivity contribution in [3.63, 3.8) is 0 Å². The van der Waals surface area contributed by atoms with Crippen LogP contribution in [-0.4, -0.2) is 51.3 Å². The molecule has 12 heavy (non-hydrogen) atoms. The lowest BCUT2D eigenvalue weighted by molar-refractivity contribution is -0.137. The molecule has 1 aliphatic rings. The Morgan fingerprint density at radius 3 is 3.08 bits per heavy atom. The molecule has 4 nitrogen and oxygen atoms in total. The van der Waals surface area contributed by atoms with Crippen LogP contribution in [0.4, 0.5) is 0 Å². The van der Waals surface area contributed by atoms with Crippen LogP contribution in [0.15, 0.2) is 0 Å². The predicted octanol–water partition coefficient (Wildman–Crippen LogP) is 0.252. The van der Waals surface area contributed by atoms with Crippen LogP contribution in [0.2, 0.25) is 0 Å². The average molecular weight is 206 g/mol. The number of rotatable bonds is 2.